The Balaban J connectivity index is 2.93. The minimum atomic E-state index is -0.515. The first-order valence-corrected chi connectivity index (χ1v) is 6.06. The van der Waals surface area contributed by atoms with Gasteiger partial charge in [-0.15, -0.1) is 0 Å². The molecule has 0 spiro atoms. The Morgan fingerprint density at radius 2 is 2.21 bits per heavy atom. The van der Waals surface area contributed by atoms with Crippen LogP contribution in [0.1, 0.15) is 31.7 Å². The van der Waals surface area contributed by atoms with Crippen molar-refractivity contribution >= 4 is 11.9 Å². The number of nitrogens with zero attached hydrogens (tertiary/aromatic N) is 3. The summed E-state index contributed by atoms with van der Waals surface area (Å²) >= 11 is 0. The van der Waals surface area contributed by atoms with Crippen LogP contribution in [0.25, 0.3) is 0 Å². The highest BCUT2D eigenvalue weighted by atomic mass is 16.5. The molecular weight excluding hydrogens is 244 g/mol. The van der Waals surface area contributed by atoms with Gasteiger partial charge in [0.2, 0.25) is 5.95 Å². The van der Waals surface area contributed by atoms with E-state index in [0.717, 1.165) is 0 Å². The third kappa shape index (κ3) is 4.54. The number of carbonyl (C=O) groups excluding carboxylic acids is 1. The molecule has 0 aliphatic heterocycles. The SMILES string of the molecule is COC(=O)C(CC(C)C)Nc1nc(C)cc(C#N)n1. The lowest BCUT2D eigenvalue weighted by molar-refractivity contribution is -0.141. The minimum absolute atomic E-state index is 0.267. The summed E-state index contributed by atoms with van der Waals surface area (Å²) in [5, 5.41) is 11.8. The summed E-state index contributed by atoms with van der Waals surface area (Å²) in [5.74, 6) is 0.224. The lowest BCUT2D eigenvalue weighted by Crippen LogP contribution is -2.33. The molecule has 1 rings (SSSR count). The fraction of sp³-hybridized carbons (Fsp3) is 0.538. The van der Waals surface area contributed by atoms with Gasteiger partial charge in [0.15, 0.2) is 0 Å². The molecule has 0 bridgehead atoms. The maximum atomic E-state index is 11.7. The molecule has 6 nitrogen and oxygen atoms in total. The first-order valence-electron chi connectivity index (χ1n) is 6.06. The molecule has 102 valence electrons. The van der Waals surface area contributed by atoms with Crippen molar-refractivity contribution in [2.24, 2.45) is 5.92 Å². The number of aromatic nitrogens is 2. The van der Waals surface area contributed by atoms with Crippen molar-refractivity contribution in [2.75, 3.05) is 12.4 Å². The summed E-state index contributed by atoms with van der Waals surface area (Å²) in [5.41, 5.74) is 0.936. The van der Waals surface area contributed by atoms with Gasteiger partial charge < -0.3 is 10.1 Å². The maximum absolute atomic E-state index is 11.7. The largest absolute Gasteiger partial charge is 0.467 e. The van der Waals surface area contributed by atoms with E-state index in [1.165, 1.54) is 7.11 Å². The van der Waals surface area contributed by atoms with Gasteiger partial charge in [-0.2, -0.15) is 5.26 Å². The van der Waals surface area contributed by atoms with E-state index in [0.29, 0.717) is 18.0 Å². The van der Waals surface area contributed by atoms with Crippen molar-refractivity contribution in [2.45, 2.75) is 33.2 Å². The van der Waals surface area contributed by atoms with Crippen LogP contribution in [0.15, 0.2) is 6.07 Å². The molecule has 1 aromatic rings. The summed E-state index contributed by atoms with van der Waals surface area (Å²) in [7, 11) is 1.34. The molecule has 1 heterocycles. The lowest BCUT2D eigenvalue weighted by Gasteiger charge is -2.18. The fourth-order valence-corrected chi connectivity index (χ4v) is 1.67. The molecule has 0 aliphatic carbocycles. The Morgan fingerprint density at radius 1 is 1.53 bits per heavy atom. The summed E-state index contributed by atoms with van der Waals surface area (Å²) in [4.78, 5) is 19.9. The molecule has 1 N–H and O–H groups in total. The number of methoxy groups -OCH3 is 1. The number of hydrogen-bond acceptors (Lipinski definition) is 6. The average molecular weight is 262 g/mol. The number of anilines is 1. The first-order chi connectivity index (χ1) is 8.96. The van der Waals surface area contributed by atoms with E-state index in [4.69, 9.17) is 10.00 Å². The molecule has 0 saturated heterocycles. The lowest BCUT2D eigenvalue weighted by atomic mass is 10.0. The zero-order chi connectivity index (χ0) is 14.4. The highest BCUT2D eigenvalue weighted by molar-refractivity contribution is 5.78. The van der Waals surface area contributed by atoms with Gasteiger partial charge >= 0.3 is 5.97 Å². The number of nitriles is 1. The van der Waals surface area contributed by atoms with E-state index in [-0.39, 0.29) is 17.6 Å². The Bertz CT molecular complexity index is 494. The van der Waals surface area contributed by atoms with Crippen molar-refractivity contribution in [3.05, 3.63) is 17.5 Å². The van der Waals surface area contributed by atoms with Crippen molar-refractivity contribution in [3.8, 4) is 6.07 Å². The normalized spacial score (nSPS) is 11.8. The van der Waals surface area contributed by atoms with E-state index in [9.17, 15) is 4.79 Å². The van der Waals surface area contributed by atoms with Crippen LogP contribution in [0.2, 0.25) is 0 Å². The van der Waals surface area contributed by atoms with Crippen LogP contribution >= 0.6 is 0 Å². The second kappa shape index (κ2) is 6.69. The molecule has 1 unspecified atom stereocenters. The molecule has 0 radical (unpaired) electrons. The Hall–Kier alpha value is -2.16. The predicted octanol–water partition coefficient (Wildman–Crippen LogP) is 1.66. The van der Waals surface area contributed by atoms with Crippen molar-refractivity contribution < 1.29 is 9.53 Å². The van der Waals surface area contributed by atoms with Crippen LogP contribution in [-0.2, 0) is 9.53 Å². The van der Waals surface area contributed by atoms with Gasteiger partial charge in [-0.05, 0) is 25.3 Å². The van der Waals surface area contributed by atoms with Gasteiger partial charge in [0, 0.05) is 5.69 Å². The Kier molecular flexibility index (Phi) is 5.24. The van der Waals surface area contributed by atoms with E-state index in [1.54, 1.807) is 13.0 Å². The second-order valence-corrected chi connectivity index (χ2v) is 4.68. The number of rotatable bonds is 5. The van der Waals surface area contributed by atoms with E-state index in [1.807, 2.05) is 19.9 Å². The van der Waals surface area contributed by atoms with E-state index >= 15 is 0 Å². The smallest absolute Gasteiger partial charge is 0.328 e. The summed E-state index contributed by atoms with van der Waals surface area (Å²) < 4.78 is 4.75. The van der Waals surface area contributed by atoms with Crippen LogP contribution in [0.4, 0.5) is 5.95 Å². The quantitative estimate of drug-likeness (QED) is 0.812. The summed E-state index contributed by atoms with van der Waals surface area (Å²) in [6.07, 6.45) is 0.603. The number of aryl methyl sites for hydroxylation is 1. The molecule has 19 heavy (non-hydrogen) atoms. The van der Waals surface area contributed by atoms with Crippen molar-refractivity contribution in [1.29, 1.82) is 5.26 Å². The standard InChI is InChI=1S/C13H18N4O2/c1-8(2)5-11(12(18)19-4)17-13-15-9(3)6-10(7-14)16-13/h6,8,11H,5H2,1-4H3,(H,15,16,17). The molecule has 0 fully saturated rings. The molecule has 0 aromatic carbocycles. The van der Waals surface area contributed by atoms with Crippen LogP contribution in [0.3, 0.4) is 0 Å². The van der Waals surface area contributed by atoms with E-state index < -0.39 is 6.04 Å². The number of nitrogens with one attached hydrogen (secondary N) is 1. The number of esters is 1. The van der Waals surface area contributed by atoms with Gasteiger partial charge in [-0.25, -0.2) is 14.8 Å². The van der Waals surface area contributed by atoms with Gasteiger partial charge in [-0.1, -0.05) is 13.8 Å². The van der Waals surface area contributed by atoms with Crippen LogP contribution in [0.5, 0.6) is 0 Å². The zero-order valence-electron chi connectivity index (χ0n) is 11.6. The first kappa shape index (κ1) is 14.9. The summed E-state index contributed by atoms with van der Waals surface area (Å²) in [6, 6.07) is 3.03. The third-order valence-electron chi connectivity index (χ3n) is 2.46. The topological polar surface area (TPSA) is 87.9 Å². The molecule has 6 heteroatoms. The zero-order valence-corrected chi connectivity index (χ0v) is 11.6. The van der Waals surface area contributed by atoms with Gasteiger partial charge in [0.25, 0.3) is 0 Å². The van der Waals surface area contributed by atoms with Crippen LogP contribution in [-0.4, -0.2) is 29.1 Å². The van der Waals surface area contributed by atoms with Crippen molar-refractivity contribution in [1.82, 2.24) is 9.97 Å². The highest BCUT2D eigenvalue weighted by Crippen LogP contribution is 2.12. The predicted molar refractivity (Wildman–Crippen MR) is 70.4 cm³/mol. The van der Waals surface area contributed by atoms with E-state index in [2.05, 4.69) is 15.3 Å². The van der Waals surface area contributed by atoms with Gasteiger partial charge in [-0.3, -0.25) is 0 Å². The van der Waals surface area contributed by atoms with Crippen LogP contribution < -0.4 is 5.32 Å². The fourth-order valence-electron chi connectivity index (χ4n) is 1.67. The van der Waals surface area contributed by atoms with Gasteiger partial charge in [0.05, 0.1) is 7.11 Å². The molecular formula is C13H18N4O2. The molecule has 1 aromatic heterocycles. The molecule has 0 aliphatic rings. The maximum Gasteiger partial charge on any atom is 0.328 e. The molecule has 1 atom stereocenters. The summed E-state index contributed by atoms with van der Waals surface area (Å²) in [6.45, 7) is 5.79. The van der Waals surface area contributed by atoms with Crippen molar-refractivity contribution in [3.63, 3.8) is 0 Å². The Morgan fingerprint density at radius 3 is 2.74 bits per heavy atom. The minimum Gasteiger partial charge on any atom is -0.467 e. The monoisotopic (exact) mass is 262 g/mol. The number of carbonyl (C=O) groups is 1. The second-order valence-electron chi connectivity index (χ2n) is 4.68. The van der Waals surface area contributed by atoms with Gasteiger partial charge in [0.1, 0.15) is 17.8 Å². The average Bonchev–Trinajstić information content (AvgIpc) is 2.35. The Labute approximate surface area is 112 Å². The molecule has 0 amide bonds. The third-order valence-corrected chi connectivity index (χ3v) is 2.46. The highest BCUT2D eigenvalue weighted by Gasteiger charge is 2.21. The number of ether oxygens (including phenoxy) is 1. The molecule has 0 saturated carbocycles. The van der Waals surface area contributed by atoms with Crippen LogP contribution in [0, 0.1) is 24.2 Å². The number of hydrogen-bond donors (Lipinski definition) is 1.